The Kier molecular flexibility index (Phi) is 7.98. The van der Waals surface area contributed by atoms with Crippen LogP contribution in [0.4, 0.5) is 0 Å². The van der Waals surface area contributed by atoms with E-state index in [0.29, 0.717) is 5.57 Å². The molecular formula is C21H34O4. The minimum Gasteiger partial charge on any atom is -0.428 e. The molecule has 2 rings (SSSR count). The molecule has 4 heteroatoms. The smallest absolute Gasteiger partial charge is 0.335 e. The molecule has 0 N–H and O–H groups in total. The second-order valence-electron chi connectivity index (χ2n) is 7.97. The van der Waals surface area contributed by atoms with Gasteiger partial charge in [-0.05, 0) is 63.2 Å². The summed E-state index contributed by atoms with van der Waals surface area (Å²) in [5.74, 6) is 1.83. The van der Waals surface area contributed by atoms with Gasteiger partial charge in [-0.25, -0.2) is 4.79 Å². The predicted molar refractivity (Wildman–Crippen MR) is 97.7 cm³/mol. The number of rotatable bonds is 7. The van der Waals surface area contributed by atoms with Crippen LogP contribution in [0.2, 0.25) is 0 Å². The molecule has 0 bridgehead atoms. The van der Waals surface area contributed by atoms with Gasteiger partial charge in [0.25, 0.3) is 0 Å². The Hall–Kier alpha value is -1.32. The molecule has 2 fully saturated rings. The summed E-state index contributed by atoms with van der Waals surface area (Å²) in [5, 5.41) is 0. The van der Waals surface area contributed by atoms with Crippen molar-refractivity contribution in [2.45, 2.75) is 78.1 Å². The minimum absolute atomic E-state index is 0.0313. The van der Waals surface area contributed by atoms with E-state index in [1.54, 1.807) is 6.92 Å². The monoisotopic (exact) mass is 350 g/mol. The Labute approximate surface area is 152 Å². The quantitative estimate of drug-likeness (QED) is 0.367. The zero-order valence-electron chi connectivity index (χ0n) is 15.9. The lowest BCUT2D eigenvalue weighted by atomic mass is 9.69. The largest absolute Gasteiger partial charge is 0.428 e. The van der Waals surface area contributed by atoms with Gasteiger partial charge in [-0.1, -0.05) is 39.2 Å². The zero-order valence-corrected chi connectivity index (χ0v) is 15.9. The molecule has 0 aromatic rings. The zero-order chi connectivity index (χ0) is 18.2. The molecule has 0 radical (unpaired) electrons. The molecule has 0 spiro atoms. The van der Waals surface area contributed by atoms with Crippen molar-refractivity contribution in [1.29, 1.82) is 0 Å². The van der Waals surface area contributed by atoms with Crippen LogP contribution in [0.5, 0.6) is 0 Å². The molecule has 0 saturated heterocycles. The van der Waals surface area contributed by atoms with Gasteiger partial charge < -0.3 is 9.47 Å². The first-order valence-corrected chi connectivity index (χ1v) is 10.0. The van der Waals surface area contributed by atoms with Crippen LogP contribution in [0.3, 0.4) is 0 Å². The van der Waals surface area contributed by atoms with Gasteiger partial charge in [-0.3, -0.25) is 4.79 Å². The lowest BCUT2D eigenvalue weighted by molar-refractivity contribution is -0.169. The van der Waals surface area contributed by atoms with Gasteiger partial charge in [0.2, 0.25) is 6.79 Å². The molecular weight excluding hydrogens is 316 g/mol. The van der Waals surface area contributed by atoms with Crippen molar-refractivity contribution < 1.29 is 19.1 Å². The summed E-state index contributed by atoms with van der Waals surface area (Å²) in [5.41, 5.74) is 0.310. The first-order chi connectivity index (χ1) is 12.0. The number of carbonyl (C=O) groups is 2. The summed E-state index contributed by atoms with van der Waals surface area (Å²) in [7, 11) is 0. The Morgan fingerprint density at radius 3 is 2.00 bits per heavy atom. The van der Waals surface area contributed by atoms with Crippen LogP contribution >= 0.6 is 0 Å². The van der Waals surface area contributed by atoms with Crippen molar-refractivity contribution in [3.8, 4) is 0 Å². The van der Waals surface area contributed by atoms with Crippen LogP contribution in [0.1, 0.15) is 78.1 Å². The maximum Gasteiger partial charge on any atom is 0.335 e. The van der Waals surface area contributed by atoms with Crippen LogP contribution in [0.25, 0.3) is 0 Å². The van der Waals surface area contributed by atoms with Gasteiger partial charge in [0.15, 0.2) is 0 Å². The van der Waals surface area contributed by atoms with Crippen LogP contribution in [-0.4, -0.2) is 18.7 Å². The van der Waals surface area contributed by atoms with E-state index in [1.807, 2.05) is 0 Å². The van der Waals surface area contributed by atoms with Crippen LogP contribution < -0.4 is 0 Å². The molecule has 2 aliphatic rings. The highest BCUT2D eigenvalue weighted by atomic mass is 16.7. The van der Waals surface area contributed by atoms with Gasteiger partial charge in [0, 0.05) is 5.57 Å². The minimum atomic E-state index is -0.518. The first-order valence-electron chi connectivity index (χ1n) is 10.0. The highest BCUT2D eigenvalue weighted by Gasteiger charge is 2.33. The lowest BCUT2D eigenvalue weighted by Gasteiger charge is -2.37. The summed E-state index contributed by atoms with van der Waals surface area (Å²) < 4.78 is 9.93. The topological polar surface area (TPSA) is 52.6 Å². The molecule has 2 aliphatic carbocycles. The molecule has 4 nitrogen and oxygen atoms in total. The van der Waals surface area contributed by atoms with Crippen LogP contribution in [0, 0.1) is 23.7 Å². The molecule has 0 amide bonds. The van der Waals surface area contributed by atoms with Gasteiger partial charge in [-0.2, -0.15) is 0 Å². The van der Waals surface area contributed by atoms with Crippen molar-refractivity contribution in [3.63, 3.8) is 0 Å². The fourth-order valence-electron chi connectivity index (χ4n) is 4.56. The highest BCUT2D eigenvalue weighted by molar-refractivity contribution is 5.86. The standard InChI is InChI=1S/C21H34O4/c1-4-5-16-6-8-17(9-7-16)18-10-12-19(13-11-18)21(23)25-14-24-20(22)15(2)3/h16-19H,2,4-14H2,1,3H3. The maximum atomic E-state index is 12.1. The molecule has 0 unspecified atom stereocenters. The molecule has 25 heavy (non-hydrogen) atoms. The van der Waals surface area contributed by atoms with E-state index in [2.05, 4.69) is 13.5 Å². The molecule has 0 aromatic heterocycles. The molecule has 0 heterocycles. The molecule has 142 valence electrons. The van der Waals surface area contributed by atoms with Crippen molar-refractivity contribution in [2.75, 3.05) is 6.79 Å². The van der Waals surface area contributed by atoms with E-state index in [9.17, 15) is 9.59 Å². The second kappa shape index (κ2) is 9.98. The molecule has 2 saturated carbocycles. The summed E-state index contributed by atoms with van der Waals surface area (Å²) in [6, 6.07) is 0. The molecule has 0 aliphatic heterocycles. The second-order valence-corrected chi connectivity index (χ2v) is 7.97. The van der Waals surface area contributed by atoms with E-state index in [1.165, 1.54) is 38.5 Å². The number of ether oxygens (including phenoxy) is 2. The van der Waals surface area contributed by atoms with Crippen LogP contribution in [-0.2, 0) is 19.1 Å². The Bertz CT molecular complexity index is 455. The number of hydrogen-bond donors (Lipinski definition) is 0. The summed E-state index contributed by atoms with van der Waals surface area (Å²) in [6.45, 7) is 7.05. The fourth-order valence-corrected chi connectivity index (χ4v) is 4.56. The third-order valence-corrected chi connectivity index (χ3v) is 6.10. The normalized spacial score (nSPS) is 29.7. The van der Waals surface area contributed by atoms with E-state index >= 15 is 0 Å². The average Bonchev–Trinajstić information content (AvgIpc) is 2.62. The number of carbonyl (C=O) groups excluding carboxylic acids is 2. The van der Waals surface area contributed by atoms with Crippen molar-refractivity contribution >= 4 is 11.9 Å². The van der Waals surface area contributed by atoms with Crippen LogP contribution in [0.15, 0.2) is 12.2 Å². The SMILES string of the molecule is C=C(C)C(=O)OCOC(=O)C1CCC(C2CCC(CCC)CC2)CC1. The fraction of sp³-hybridized carbons (Fsp3) is 0.810. The van der Waals surface area contributed by atoms with Crippen molar-refractivity contribution in [3.05, 3.63) is 12.2 Å². The van der Waals surface area contributed by atoms with Crippen molar-refractivity contribution in [1.82, 2.24) is 0 Å². The Morgan fingerprint density at radius 1 is 0.920 bits per heavy atom. The first kappa shape index (κ1) is 20.0. The van der Waals surface area contributed by atoms with Gasteiger partial charge in [-0.15, -0.1) is 0 Å². The highest BCUT2D eigenvalue weighted by Crippen LogP contribution is 2.42. The van der Waals surface area contributed by atoms with E-state index in [-0.39, 0.29) is 18.7 Å². The summed E-state index contributed by atoms with van der Waals surface area (Å²) in [6.07, 6.45) is 12.3. The van der Waals surface area contributed by atoms with Crippen molar-refractivity contribution in [2.24, 2.45) is 23.7 Å². The number of esters is 2. The Balaban J connectivity index is 1.65. The van der Waals surface area contributed by atoms with E-state index in [4.69, 9.17) is 9.47 Å². The van der Waals surface area contributed by atoms with Gasteiger partial charge >= 0.3 is 11.9 Å². The van der Waals surface area contributed by atoms with E-state index in [0.717, 1.165) is 43.4 Å². The van der Waals surface area contributed by atoms with Gasteiger partial charge in [0.05, 0.1) is 5.92 Å². The predicted octanol–water partition coefficient (Wildman–Crippen LogP) is 5.02. The third kappa shape index (κ3) is 6.16. The lowest BCUT2D eigenvalue weighted by Crippen LogP contribution is -2.29. The summed E-state index contributed by atoms with van der Waals surface area (Å²) >= 11 is 0. The Morgan fingerprint density at radius 2 is 1.48 bits per heavy atom. The van der Waals surface area contributed by atoms with E-state index < -0.39 is 5.97 Å². The molecule has 0 atom stereocenters. The third-order valence-electron chi connectivity index (χ3n) is 6.10. The molecule has 0 aromatic carbocycles. The van der Waals surface area contributed by atoms with Gasteiger partial charge in [0.1, 0.15) is 0 Å². The average molecular weight is 350 g/mol. The number of hydrogen-bond acceptors (Lipinski definition) is 4. The summed E-state index contributed by atoms with van der Waals surface area (Å²) in [4.78, 5) is 23.4. The maximum absolute atomic E-state index is 12.1.